The maximum atomic E-state index is 12.0. The van der Waals surface area contributed by atoms with Gasteiger partial charge in [-0.1, -0.05) is 18.2 Å². The van der Waals surface area contributed by atoms with Crippen LogP contribution >= 0.6 is 0 Å². The third-order valence-electron chi connectivity index (χ3n) is 3.55. The molecular formula is C19H20N2O3. The maximum absolute atomic E-state index is 12.0. The molecule has 0 aliphatic heterocycles. The first kappa shape index (κ1) is 17.3. The predicted octanol–water partition coefficient (Wildman–Crippen LogP) is 3.33. The van der Waals surface area contributed by atoms with Crippen LogP contribution in [0, 0.1) is 0 Å². The quantitative estimate of drug-likeness (QED) is 0.858. The van der Waals surface area contributed by atoms with Gasteiger partial charge in [0.15, 0.2) is 0 Å². The van der Waals surface area contributed by atoms with E-state index < -0.39 is 0 Å². The molecule has 124 valence electrons. The highest BCUT2D eigenvalue weighted by Gasteiger charge is 2.05. The first-order valence-corrected chi connectivity index (χ1v) is 7.47. The van der Waals surface area contributed by atoms with Crippen LogP contribution < -0.4 is 15.0 Å². The van der Waals surface area contributed by atoms with Crippen LogP contribution in [0.2, 0.25) is 0 Å². The molecule has 0 saturated carbocycles. The summed E-state index contributed by atoms with van der Waals surface area (Å²) in [5, 5.41) is 2.78. The van der Waals surface area contributed by atoms with Crippen molar-refractivity contribution in [2.45, 2.75) is 6.92 Å². The lowest BCUT2D eigenvalue weighted by Gasteiger charge is -2.15. The van der Waals surface area contributed by atoms with Gasteiger partial charge in [0.1, 0.15) is 5.75 Å². The van der Waals surface area contributed by atoms with Gasteiger partial charge in [0.2, 0.25) is 11.8 Å². The average molecular weight is 324 g/mol. The van der Waals surface area contributed by atoms with Crippen molar-refractivity contribution >= 4 is 29.3 Å². The highest BCUT2D eigenvalue weighted by Crippen LogP contribution is 2.19. The average Bonchev–Trinajstić information content (AvgIpc) is 2.60. The third kappa shape index (κ3) is 4.46. The fraction of sp³-hybridized carbons (Fsp3) is 0.158. The molecule has 0 fully saturated rings. The molecule has 2 aromatic carbocycles. The Morgan fingerprint density at radius 3 is 2.38 bits per heavy atom. The van der Waals surface area contributed by atoms with Crippen molar-refractivity contribution in [1.82, 2.24) is 0 Å². The molecule has 0 atom stereocenters. The van der Waals surface area contributed by atoms with Gasteiger partial charge in [-0.25, -0.2) is 0 Å². The van der Waals surface area contributed by atoms with Crippen LogP contribution in [0.25, 0.3) is 6.08 Å². The molecule has 5 heteroatoms. The summed E-state index contributed by atoms with van der Waals surface area (Å²) in [6.07, 6.45) is 3.15. The summed E-state index contributed by atoms with van der Waals surface area (Å²) < 4.78 is 5.24. The molecule has 24 heavy (non-hydrogen) atoms. The Balaban J connectivity index is 2.02. The minimum atomic E-state index is -0.242. The molecule has 0 spiro atoms. The molecular weight excluding hydrogens is 304 g/mol. The molecule has 0 aromatic heterocycles. The summed E-state index contributed by atoms with van der Waals surface area (Å²) in [7, 11) is 3.29. The molecule has 0 heterocycles. The topological polar surface area (TPSA) is 58.6 Å². The number of hydrogen-bond donors (Lipinski definition) is 1. The second kappa shape index (κ2) is 7.97. The lowest BCUT2D eigenvalue weighted by atomic mass is 10.2. The number of nitrogens with one attached hydrogen (secondary N) is 1. The summed E-state index contributed by atoms with van der Waals surface area (Å²) >= 11 is 0. The molecule has 0 bridgehead atoms. The number of methoxy groups -OCH3 is 1. The van der Waals surface area contributed by atoms with Crippen LogP contribution in [0.4, 0.5) is 11.4 Å². The van der Waals surface area contributed by atoms with Crippen LogP contribution in [-0.2, 0) is 9.59 Å². The number of ether oxygens (including phenoxy) is 1. The summed E-state index contributed by atoms with van der Waals surface area (Å²) in [5.41, 5.74) is 2.25. The van der Waals surface area contributed by atoms with Crippen LogP contribution in [0.3, 0.4) is 0 Å². The zero-order valence-corrected chi connectivity index (χ0v) is 13.9. The first-order chi connectivity index (χ1) is 11.5. The minimum absolute atomic E-state index is 0.0495. The van der Waals surface area contributed by atoms with Gasteiger partial charge in [0.05, 0.1) is 7.11 Å². The highest BCUT2D eigenvalue weighted by atomic mass is 16.5. The van der Waals surface area contributed by atoms with E-state index in [0.29, 0.717) is 11.4 Å². The predicted molar refractivity (Wildman–Crippen MR) is 96.2 cm³/mol. The van der Waals surface area contributed by atoms with Crippen molar-refractivity contribution in [3.63, 3.8) is 0 Å². The van der Waals surface area contributed by atoms with E-state index in [0.717, 1.165) is 11.3 Å². The molecule has 2 amide bonds. The standard InChI is InChI=1S/C19H20N2O3/c1-14(22)21(2)17-11-9-16(10-12-17)20-19(23)13-8-15-6-4-5-7-18(15)24-3/h4-13H,1-3H3,(H,20,23). The normalized spacial score (nSPS) is 10.5. The number of benzene rings is 2. The summed E-state index contributed by atoms with van der Waals surface area (Å²) in [6.45, 7) is 1.50. The Bertz CT molecular complexity index is 751. The van der Waals surface area contributed by atoms with Gasteiger partial charge in [-0.2, -0.15) is 0 Å². The second-order valence-corrected chi connectivity index (χ2v) is 5.19. The summed E-state index contributed by atoms with van der Waals surface area (Å²) in [5.74, 6) is 0.415. The van der Waals surface area contributed by atoms with Crippen molar-refractivity contribution in [3.8, 4) is 5.75 Å². The fourth-order valence-corrected chi connectivity index (χ4v) is 2.10. The summed E-state index contributed by atoms with van der Waals surface area (Å²) in [6, 6.07) is 14.5. The minimum Gasteiger partial charge on any atom is -0.496 e. The molecule has 1 N–H and O–H groups in total. The Kier molecular flexibility index (Phi) is 5.73. The molecule has 0 saturated heterocycles. The Labute approximate surface area is 141 Å². The highest BCUT2D eigenvalue weighted by molar-refractivity contribution is 6.02. The lowest BCUT2D eigenvalue weighted by molar-refractivity contribution is -0.116. The zero-order chi connectivity index (χ0) is 17.5. The van der Waals surface area contributed by atoms with E-state index in [9.17, 15) is 9.59 Å². The number of rotatable bonds is 5. The van der Waals surface area contributed by atoms with Gasteiger partial charge in [0, 0.05) is 37.0 Å². The van der Waals surface area contributed by atoms with Gasteiger partial charge >= 0.3 is 0 Å². The fourth-order valence-electron chi connectivity index (χ4n) is 2.10. The SMILES string of the molecule is COc1ccccc1C=CC(=O)Nc1ccc(N(C)C(C)=O)cc1. The Hall–Kier alpha value is -3.08. The Morgan fingerprint density at radius 1 is 1.08 bits per heavy atom. The number of amides is 2. The first-order valence-electron chi connectivity index (χ1n) is 7.47. The zero-order valence-electron chi connectivity index (χ0n) is 13.9. The molecule has 5 nitrogen and oxygen atoms in total. The lowest BCUT2D eigenvalue weighted by Crippen LogP contribution is -2.22. The number of carbonyl (C=O) groups is 2. The van der Waals surface area contributed by atoms with Crippen LogP contribution in [-0.4, -0.2) is 26.0 Å². The van der Waals surface area contributed by atoms with Crippen molar-refractivity contribution in [1.29, 1.82) is 0 Å². The molecule has 0 aliphatic carbocycles. The van der Waals surface area contributed by atoms with E-state index in [-0.39, 0.29) is 11.8 Å². The van der Waals surface area contributed by atoms with Gasteiger partial charge < -0.3 is 15.0 Å². The number of hydrogen-bond acceptors (Lipinski definition) is 3. The van der Waals surface area contributed by atoms with Gasteiger partial charge in [0.25, 0.3) is 0 Å². The maximum Gasteiger partial charge on any atom is 0.248 e. The van der Waals surface area contributed by atoms with Crippen LogP contribution in [0.1, 0.15) is 12.5 Å². The largest absolute Gasteiger partial charge is 0.496 e. The summed E-state index contributed by atoms with van der Waals surface area (Å²) in [4.78, 5) is 24.9. The monoisotopic (exact) mass is 324 g/mol. The van der Waals surface area contributed by atoms with E-state index in [4.69, 9.17) is 4.74 Å². The number of anilines is 2. The van der Waals surface area contributed by atoms with E-state index in [1.165, 1.54) is 17.9 Å². The number of nitrogens with zero attached hydrogens (tertiary/aromatic N) is 1. The molecule has 0 aliphatic rings. The Morgan fingerprint density at radius 2 is 1.75 bits per heavy atom. The molecule has 0 unspecified atom stereocenters. The van der Waals surface area contributed by atoms with Gasteiger partial charge in [-0.15, -0.1) is 0 Å². The molecule has 0 radical (unpaired) electrons. The van der Waals surface area contributed by atoms with Crippen LogP contribution in [0.5, 0.6) is 5.75 Å². The molecule has 2 rings (SSSR count). The van der Waals surface area contributed by atoms with Gasteiger partial charge in [-0.05, 0) is 36.4 Å². The van der Waals surface area contributed by atoms with E-state index >= 15 is 0 Å². The molecule has 2 aromatic rings. The van der Waals surface area contributed by atoms with Crippen LogP contribution in [0.15, 0.2) is 54.6 Å². The van der Waals surface area contributed by atoms with Crippen molar-refractivity contribution in [2.75, 3.05) is 24.4 Å². The second-order valence-electron chi connectivity index (χ2n) is 5.19. The van der Waals surface area contributed by atoms with E-state index in [1.807, 2.05) is 24.3 Å². The third-order valence-corrected chi connectivity index (χ3v) is 3.55. The van der Waals surface area contributed by atoms with Crippen molar-refractivity contribution in [2.24, 2.45) is 0 Å². The van der Waals surface area contributed by atoms with Crippen molar-refractivity contribution < 1.29 is 14.3 Å². The van der Waals surface area contributed by atoms with Crippen molar-refractivity contribution in [3.05, 3.63) is 60.2 Å². The number of para-hydroxylation sites is 1. The van der Waals surface area contributed by atoms with E-state index in [1.54, 1.807) is 44.5 Å². The van der Waals surface area contributed by atoms with E-state index in [2.05, 4.69) is 5.32 Å². The smallest absolute Gasteiger partial charge is 0.248 e. The van der Waals surface area contributed by atoms with Gasteiger partial charge in [-0.3, -0.25) is 9.59 Å². The number of carbonyl (C=O) groups excluding carboxylic acids is 2.